The van der Waals surface area contributed by atoms with Gasteiger partial charge in [-0.2, -0.15) is 0 Å². The predicted octanol–water partition coefficient (Wildman–Crippen LogP) is 1.76. The maximum atomic E-state index is 6.05. The molecule has 0 radical (unpaired) electrons. The molecule has 0 unspecified atom stereocenters. The minimum atomic E-state index is 0.603. The average molecular weight is 255 g/mol. The van der Waals surface area contributed by atoms with Crippen LogP contribution in [0.25, 0.3) is 0 Å². The lowest BCUT2D eigenvalue weighted by molar-refractivity contribution is 0.0886. The fourth-order valence-electron chi connectivity index (χ4n) is 1.93. The van der Waals surface area contributed by atoms with Crippen LogP contribution in [0.15, 0.2) is 24.3 Å². The van der Waals surface area contributed by atoms with Gasteiger partial charge in [0.25, 0.3) is 0 Å². The van der Waals surface area contributed by atoms with Crippen LogP contribution < -0.4 is 5.32 Å². The molecule has 0 bridgehead atoms. The van der Waals surface area contributed by atoms with E-state index < -0.39 is 0 Å². The zero-order valence-electron chi connectivity index (χ0n) is 9.99. The van der Waals surface area contributed by atoms with Crippen molar-refractivity contribution in [1.82, 2.24) is 10.2 Å². The van der Waals surface area contributed by atoms with E-state index in [4.69, 9.17) is 16.3 Å². The highest BCUT2D eigenvalue weighted by molar-refractivity contribution is 6.31. The Labute approximate surface area is 108 Å². The molecule has 1 fully saturated rings. The number of rotatable bonds is 5. The number of hydrogen-bond acceptors (Lipinski definition) is 3. The van der Waals surface area contributed by atoms with Crippen molar-refractivity contribution in [3.63, 3.8) is 0 Å². The Morgan fingerprint density at radius 1 is 1.24 bits per heavy atom. The second kappa shape index (κ2) is 6.97. The van der Waals surface area contributed by atoms with Crippen molar-refractivity contribution in [2.24, 2.45) is 0 Å². The lowest BCUT2D eigenvalue weighted by atomic mass is 10.2. The molecule has 0 spiro atoms. The van der Waals surface area contributed by atoms with Gasteiger partial charge >= 0.3 is 0 Å². The Hall–Kier alpha value is -0.610. The Balaban J connectivity index is 1.64. The molecule has 17 heavy (non-hydrogen) atoms. The summed E-state index contributed by atoms with van der Waals surface area (Å²) in [5.41, 5.74) is 1.06. The van der Waals surface area contributed by atoms with Crippen LogP contribution in [0.2, 0.25) is 5.02 Å². The highest BCUT2D eigenvalue weighted by Crippen LogP contribution is 2.15. The van der Waals surface area contributed by atoms with Gasteiger partial charge in [-0.1, -0.05) is 29.8 Å². The summed E-state index contributed by atoms with van der Waals surface area (Å²) in [5, 5.41) is 4.13. The lowest BCUT2D eigenvalue weighted by Crippen LogP contribution is -2.44. The summed E-state index contributed by atoms with van der Waals surface area (Å²) in [6.45, 7) is 6.79. The van der Waals surface area contributed by atoms with Gasteiger partial charge in [0.15, 0.2) is 0 Å². The minimum absolute atomic E-state index is 0.603. The molecule has 2 rings (SSSR count). The SMILES string of the molecule is Clc1ccccc1COCCN1CCNCC1. The van der Waals surface area contributed by atoms with E-state index in [9.17, 15) is 0 Å². The third-order valence-corrected chi connectivity index (χ3v) is 3.35. The van der Waals surface area contributed by atoms with E-state index in [1.165, 1.54) is 0 Å². The Morgan fingerprint density at radius 3 is 2.76 bits per heavy atom. The van der Waals surface area contributed by atoms with E-state index in [1.807, 2.05) is 24.3 Å². The van der Waals surface area contributed by atoms with Gasteiger partial charge in [-0.15, -0.1) is 0 Å². The number of benzene rings is 1. The van der Waals surface area contributed by atoms with Crippen molar-refractivity contribution in [2.75, 3.05) is 39.3 Å². The molecule has 1 saturated heterocycles. The second-order valence-electron chi connectivity index (χ2n) is 4.24. The molecule has 1 aliphatic heterocycles. The molecule has 1 N–H and O–H groups in total. The van der Waals surface area contributed by atoms with Crippen LogP contribution in [0.4, 0.5) is 0 Å². The summed E-state index contributed by atoms with van der Waals surface area (Å²) in [7, 11) is 0. The fraction of sp³-hybridized carbons (Fsp3) is 0.538. The van der Waals surface area contributed by atoms with Crippen LogP contribution in [0, 0.1) is 0 Å². The quantitative estimate of drug-likeness (QED) is 0.811. The Kier molecular flexibility index (Phi) is 5.26. The molecule has 94 valence electrons. The zero-order valence-corrected chi connectivity index (χ0v) is 10.7. The minimum Gasteiger partial charge on any atom is -0.375 e. The summed E-state index contributed by atoms with van der Waals surface area (Å²) in [4.78, 5) is 2.42. The van der Waals surface area contributed by atoms with Gasteiger partial charge in [0, 0.05) is 37.7 Å². The standard InChI is InChI=1S/C13H19ClN2O/c14-13-4-2-1-3-12(13)11-17-10-9-16-7-5-15-6-8-16/h1-4,15H,5-11H2. The van der Waals surface area contributed by atoms with Crippen LogP contribution in [0.1, 0.15) is 5.56 Å². The second-order valence-corrected chi connectivity index (χ2v) is 4.64. The molecule has 1 aromatic carbocycles. The molecule has 0 saturated carbocycles. The fourth-order valence-corrected chi connectivity index (χ4v) is 2.12. The van der Waals surface area contributed by atoms with Gasteiger partial charge in [0.05, 0.1) is 13.2 Å². The molecular formula is C13H19ClN2O. The Bertz CT molecular complexity index is 340. The number of ether oxygens (including phenoxy) is 1. The van der Waals surface area contributed by atoms with Gasteiger partial charge in [-0.25, -0.2) is 0 Å². The number of nitrogens with one attached hydrogen (secondary N) is 1. The van der Waals surface area contributed by atoms with Crippen molar-refractivity contribution in [3.8, 4) is 0 Å². The largest absolute Gasteiger partial charge is 0.375 e. The summed E-state index contributed by atoms with van der Waals surface area (Å²) in [6.07, 6.45) is 0. The molecule has 0 atom stereocenters. The number of piperazine rings is 1. The molecule has 1 heterocycles. The molecule has 4 heteroatoms. The number of hydrogen-bond donors (Lipinski definition) is 1. The monoisotopic (exact) mass is 254 g/mol. The van der Waals surface area contributed by atoms with Gasteiger partial charge < -0.3 is 10.1 Å². The zero-order chi connectivity index (χ0) is 11.9. The molecule has 3 nitrogen and oxygen atoms in total. The predicted molar refractivity (Wildman–Crippen MR) is 70.4 cm³/mol. The summed E-state index contributed by atoms with van der Waals surface area (Å²) < 4.78 is 5.66. The van der Waals surface area contributed by atoms with Crippen molar-refractivity contribution >= 4 is 11.6 Å². The lowest BCUT2D eigenvalue weighted by Gasteiger charge is -2.26. The van der Waals surface area contributed by atoms with Crippen LogP contribution >= 0.6 is 11.6 Å². The highest BCUT2D eigenvalue weighted by atomic mass is 35.5. The van der Waals surface area contributed by atoms with Gasteiger partial charge in [0.2, 0.25) is 0 Å². The highest BCUT2D eigenvalue weighted by Gasteiger charge is 2.08. The molecule has 1 aromatic rings. The molecule has 0 aromatic heterocycles. The first-order chi connectivity index (χ1) is 8.36. The Morgan fingerprint density at radius 2 is 2.00 bits per heavy atom. The average Bonchev–Trinajstić information content (AvgIpc) is 2.38. The maximum absolute atomic E-state index is 6.05. The van der Waals surface area contributed by atoms with E-state index in [0.29, 0.717) is 6.61 Å². The molecule has 0 amide bonds. The summed E-state index contributed by atoms with van der Waals surface area (Å²) >= 11 is 6.05. The van der Waals surface area contributed by atoms with Crippen molar-refractivity contribution in [2.45, 2.75) is 6.61 Å². The van der Waals surface area contributed by atoms with E-state index in [1.54, 1.807) is 0 Å². The molecule has 1 aliphatic rings. The van der Waals surface area contributed by atoms with Gasteiger partial charge in [-0.05, 0) is 11.6 Å². The van der Waals surface area contributed by atoms with Crippen LogP contribution in [-0.2, 0) is 11.3 Å². The van der Waals surface area contributed by atoms with Crippen molar-refractivity contribution < 1.29 is 4.74 Å². The normalized spacial score (nSPS) is 17.2. The first kappa shape index (κ1) is 12.8. The first-order valence-electron chi connectivity index (χ1n) is 6.10. The maximum Gasteiger partial charge on any atom is 0.0731 e. The van der Waals surface area contributed by atoms with Crippen LogP contribution in [0.5, 0.6) is 0 Å². The van der Waals surface area contributed by atoms with E-state index >= 15 is 0 Å². The van der Waals surface area contributed by atoms with Crippen LogP contribution in [-0.4, -0.2) is 44.2 Å². The first-order valence-corrected chi connectivity index (χ1v) is 6.48. The van der Waals surface area contributed by atoms with E-state index in [0.717, 1.165) is 49.9 Å². The summed E-state index contributed by atoms with van der Waals surface area (Å²) in [5.74, 6) is 0. The number of nitrogens with zero attached hydrogens (tertiary/aromatic N) is 1. The number of halogens is 1. The third-order valence-electron chi connectivity index (χ3n) is 2.98. The van der Waals surface area contributed by atoms with E-state index in [2.05, 4.69) is 10.2 Å². The van der Waals surface area contributed by atoms with Crippen LogP contribution in [0.3, 0.4) is 0 Å². The topological polar surface area (TPSA) is 24.5 Å². The van der Waals surface area contributed by atoms with Crippen molar-refractivity contribution in [1.29, 1.82) is 0 Å². The van der Waals surface area contributed by atoms with Gasteiger partial charge in [-0.3, -0.25) is 4.90 Å². The van der Waals surface area contributed by atoms with Crippen molar-refractivity contribution in [3.05, 3.63) is 34.9 Å². The molecular weight excluding hydrogens is 236 g/mol. The van der Waals surface area contributed by atoms with E-state index in [-0.39, 0.29) is 0 Å². The smallest absolute Gasteiger partial charge is 0.0731 e. The molecule has 0 aliphatic carbocycles. The van der Waals surface area contributed by atoms with Gasteiger partial charge in [0.1, 0.15) is 0 Å². The summed E-state index contributed by atoms with van der Waals surface area (Å²) in [6, 6.07) is 7.83. The third kappa shape index (κ3) is 4.28.